The predicted octanol–water partition coefficient (Wildman–Crippen LogP) is 6.69. The van der Waals surface area contributed by atoms with Crippen LogP contribution in [0.5, 0.6) is 0 Å². The van der Waals surface area contributed by atoms with E-state index in [9.17, 15) is 0 Å². The van der Waals surface area contributed by atoms with E-state index in [0.29, 0.717) is 0 Å². The van der Waals surface area contributed by atoms with Crippen LogP contribution in [0.15, 0.2) is 60.4 Å². The summed E-state index contributed by atoms with van der Waals surface area (Å²) >= 11 is 7.86. The lowest BCUT2D eigenvalue weighted by Crippen LogP contribution is -2.12. The van der Waals surface area contributed by atoms with Crippen LogP contribution < -0.4 is 5.46 Å². The zero-order valence-corrected chi connectivity index (χ0v) is 19.3. The Hall–Kier alpha value is -1.78. The molecule has 29 heavy (non-hydrogen) atoms. The van der Waals surface area contributed by atoms with Gasteiger partial charge in [-0.3, -0.25) is 0 Å². The van der Waals surface area contributed by atoms with E-state index in [0.717, 1.165) is 18.8 Å². The number of hydrogen-bond donors (Lipinski definition) is 0. The summed E-state index contributed by atoms with van der Waals surface area (Å²) in [6.07, 6.45) is 16.1. The SMILES string of the molecule is CCCCCCCCn1ccnc1.Cc1sccc1C=CBc1ccccc1Cl. The van der Waals surface area contributed by atoms with E-state index in [1.54, 1.807) is 11.3 Å². The molecule has 0 aliphatic rings. The second-order valence-electron chi connectivity index (χ2n) is 7.20. The maximum atomic E-state index is 6.08. The zero-order chi connectivity index (χ0) is 20.7. The Morgan fingerprint density at radius 1 is 1.10 bits per heavy atom. The molecule has 2 heterocycles. The molecule has 1 aromatic carbocycles. The van der Waals surface area contributed by atoms with Crippen molar-refractivity contribution in [3.8, 4) is 0 Å². The average Bonchev–Trinajstić information content (AvgIpc) is 3.39. The Labute approximate surface area is 185 Å². The fraction of sp³-hybridized carbons (Fsp3) is 0.375. The number of thiophene rings is 1. The molecule has 0 atom stereocenters. The van der Waals surface area contributed by atoms with Gasteiger partial charge in [-0.2, -0.15) is 0 Å². The van der Waals surface area contributed by atoms with Gasteiger partial charge in [0.05, 0.1) is 6.33 Å². The van der Waals surface area contributed by atoms with Gasteiger partial charge in [-0.25, -0.2) is 4.98 Å². The fourth-order valence-electron chi connectivity index (χ4n) is 3.04. The molecule has 0 spiro atoms. The van der Waals surface area contributed by atoms with Crippen molar-refractivity contribution >= 4 is 41.8 Å². The standard InChI is InChI=1S/C13H12BClS.C11H20N2/c1-10-11(7-9-16-10)6-8-14-12-4-2-3-5-13(12)15;1-2-3-4-5-6-7-9-13-10-8-12-11-13/h2-9,14H,1H3;8,10-11H,2-7,9H2,1H3. The highest BCUT2D eigenvalue weighted by atomic mass is 35.5. The molecule has 154 valence electrons. The Bertz CT molecular complexity index is 827. The van der Waals surface area contributed by atoms with E-state index < -0.39 is 0 Å². The van der Waals surface area contributed by atoms with Crippen molar-refractivity contribution in [2.24, 2.45) is 0 Å². The fourth-order valence-corrected chi connectivity index (χ4v) is 3.94. The molecule has 2 nitrogen and oxygen atoms in total. The van der Waals surface area contributed by atoms with Gasteiger partial charge in [0.15, 0.2) is 7.28 Å². The molecule has 0 amide bonds. The van der Waals surface area contributed by atoms with Gasteiger partial charge >= 0.3 is 0 Å². The number of halogens is 1. The van der Waals surface area contributed by atoms with Crippen LogP contribution in [0.1, 0.15) is 55.9 Å². The molecule has 0 fully saturated rings. The number of imidazole rings is 1. The lowest BCUT2D eigenvalue weighted by atomic mass is 9.70. The lowest BCUT2D eigenvalue weighted by Gasteiger charge is -2.01. The quantitative estimate of drug-likeness (QED) is 0.261. The van der Waals surface area contributed by atoms with Gasteiger partial charge in [-0.05, 0) is 36.4 Å². The molecule has 3 aromatic rings. The van der Waals surface area contributed by atoms with E-state index in [-0.39, 0.29) is 0 Å². The van der Waals surface area contributed by atoms with Crippen LogP contribution in [-0.4, -0.2) is 16.8 Å². The molecule has 5 heteroatoms. The van der Waals surface area contributed by atoms with Gasteiger partial charge in [0.1, 0.15) is 0 Å². The number of hydrogen-bond acceptors (Lipinski definition) is 2. The normalized spacial score (nSPS) is 10.7. The number of nitrogens with zero attached hydrogens (tertiary/aromatic N) is 2. The van der Waals surface area contributed by atoms with Crippen molar-refractivity contribution in [2.45, 2.75) is 58.9 Å². The van der Waals surface area contributed by atoms with E-state index in [4.69, 9.17) is 11.6 Å². The van der Waals surface area contributed by atoms with Crippen molar-refractivity contribution in [1.82, 2.24) is 9.55 Å². The highest BCUT2D eigenvalue weighted by molar-refractivity contribution is 7.10. The number of aryl methyl sites for hydroxylation is 2. The smallest absolute Gasteiger partial charge is 0.184 e. The van der Waals surface area contributed by atoms with Crippen molar-refractivity contribution < 1.29 is 0 Å². The summed E-state index contributed by atoms with van der Waals surface area (Å²) in [5.74, 6) is 2.16. The molecule has 2 aromatic heterocycles. The van der Waals surface area contributed by atoms with Crippen molar-refractivity contribution in [2.75, 3.05) is 0 Å². The van der Waals surface area contributed by atoms with Crippen molar-refractivity contribution in [3.05, 3.63) is 75.9 Å². The summed E-state index contributed by atoms with van der Waals surface area (Å²) in [6.45, 7) is 5.53. The maximum Gasteiger partial charge on any atom is 0.184 e. The van der Waals surface area contributed by atoms with Gasteiger partial charge in [0.25, 0.3) is 0 Å². The molecular formula is C24H32BClN2S. The van der Waals surface area contributed by atoms with Gasteiger partial charge < -0.3 is 4.57 Å². The highest BCUT2D eigenvalue weighted by Crippen LogP contribution is 2.16. The van der Waals surface area contributed by atoms with Crippen LogP contribution in [0.25, 0.3) is 6.08 Å². The first-order valence-corrected chi connectivity index (χ1v) is 11.9. The van der Waals surface area contributed by atoms with Crippen LogP contribution in [0.3, 0.4) is 0 Å². The second kappa shape index (κ2) is 14.2. The first kappa shape index (κ1) is 23.5. The van der Waals surface area contributed by atoms with Gasteiger partial charge in [-0.15, -0.1) is 17.3 Å². The third-order valence-corrected chi connectivity index (χ3v) is 6.05. The molecule has 0 bridgehead atoms. The number of benzene rings is 1. The first-order valence-electron chi connectivity index (χ1n) is 10.6. The lowest BCUT2D eigenvalue weighted by molar-refractivity contribution is 0.558. The van der Waals surface area contributed by atoms with Gasteiger partial charge in [-0.1, -0.05) is 80.4 Å². The second-order valence-corrected chi connectivity index (χ2v) is 8.73. The van der Waals surface area contributed by atoms with Crippen LogP contribution in [-0.2, 0) is 6.54 Å². The van der Waals surface area contributed by atoms with Gasteiger partial charge in [0.2, 0.25) is 0 Å². The summed E-state index contributed by atoms with van der Waals surface area (Å²) in [6, 6.07) is 10.1. The van der Waals surface area contributed by atoms with Gasteiger partial charge in [0, 0.05) is 28.8 Å². The largest absolute Gasteiger partial charge is 0.337 e. The molecule has 0 saturated carbocycles. The molecule has 0 unspecified atom stereocenters. The Kier molecular flexibility index (Phi) is 11.5. The summed E-state index contributed by atoms with van der Waals surface area (Å²) in [7, 11) is 0.884. The minimum Gasteiger partial charge on any atom is -0.337 e. The molecule has 0 saturated heterocycles. The third kappa shape index (κ3) is 9.51. The van der Waals surface area contributed by atoms with Crippen LogP contribution in [0.2, 0.25) is 5.02 Å². The average molecular weight is 427 g/mol. The predicted molar refractivity (Wildman–Crippen MR) is 132 cm³/mol. The summed E-state index contributed by atoms with van der Waals surface area (Å²) < 4.78 is 2.15. The maximum absolute atomic E-state index is 6.08. The molecule has 0 aliphatic heterocycles. The topological polar surface area (TPSA) is 17.8 Å². The minimum absolute atomic E-state index is 0.842. The Balaban J connectivity index is 0.000000212. The molecule has 0 aliphatic carbocycles. The van der Waals surface area contributed by atoms with Crippen LogP contribution in [0, 0.1) is 6.92 Å². The van der Waals surface area contributed by atoms with Crippen LogP contribution >= 0.6 is 22.9 Å². The minimum atomic E-state index is 0.842. The van der Waals surface area contributed by atoms with E-state index in [2.05, 4.69) is 53.0 Å². The number of aromatic nitrogens is 2. The third-order valence-electron chi connectivity index (χ3n) is 4.82. The summed E-state index contributed by atoms with van der Waals surface area (Å²) in [5, 5.41) is 2.96. The summed E-state index contributed by atoms with van der Waals surface area (Å²) in [5.41, 5.74) is 2.48. The van der Waals surface area contributed by atoms with E-state index >= 15 is 0 Å². The Morgan fingerprint density at radius 3 is 2.59 bits per heavy atom. The summed E-state index contributed by atoms with van der Waals surface area (Å²) in [4.78, 5) is 5.37. The monoisotopic (exact) mass is 426 g/mol. The molecule has 0 radical (unpaired) electrons. The Morgan fingerprint density at radius 2 is 1.90 bits per heavy atom. The van der Waals surface area contributed by atoms with Crippen molar-refractivity contribution in [3.63, 3.8) is 0 Å². The molecular weight excluding hydrogens is 395 g/mol. The van der Waals surface area contributed by atoms with E-state index in [1.165, 1.54) is 54.4 Å². The first-order chi connectivity index (χ1) is 14.2. The molecule has 0 N–H and O–H groups in total. The van der Waals surface area contributed by atoms with E-state index in [1.807, 2.05) is 36.9 Å². The zero-order valence-electron chi connectivity index (χ0n) is 17.7. The van der Waals surface area contributed by atoms with Crippen LogP contribution in [0.4, 0.5) is 0 Å². The number of unbranched alkanes of at least 4 members (excludes halogenated alkanes) is 5. The molecule has 3 rings (SSSR count). The number of rotatable bonds is 10. The highest BCUT2D eigenvalue weighted by Gasteiger charge is 1.98. The van der Waals surface area contributed by atoms with Crippen molar-refractivity contribution in [1.29, 1.82) is 0 Å².